The van der Waals surface area contributed by atoms with Gasteiger partial charge in [0.2, 0.25) is 0 Å². The molecule has 0 bridgehead atoms. The van der Waals surface area contributed by atoms with Crippen molar-refractivity contribution in [2.75, 3.05) is 0 Å². The van der Waals surface area contributed by atoms with E-state index < -0.39 is 0 Å². The Balaban J connectivity index is 2.18. The summed E-state index contributed by atoms with van der Waals surface area (Å²) in [5.41, 5.74) is 1.31. The number of carbonyl (C=O) groups is 1. The normalized spacial score (nSPS) is 28.2. The summed E-state index contributed by atoms with van der Waals surface area (Å²) in [7, 11) is 0. The van der Waals surface area contributed by atoms with Crippen LogP contribution in [0.5, 0.6) is 0 Å². The van der Waals surface area contributed by atoms with Gasteiger partial charge in [-0.1, -0.05) is 37.3 Å². The van der Waals surface area contributed by atoms with Crippen LogP contribution >= 0.6 is 0 Å². The van der Waals surface area contributed by atoms with Gasteiger partial charge >= 0.3 is 0 Å². The van der Waals surface area contributed by atoms with E-state index in [-0.39, 0.29) is 5.92 Å². The highest BCUT2D eigenvalue weighted by Crippen LogP contribution is 2.38. The highest BCUT2D eigenvalue weighted by molar-refractivity contribution is 5.88. The molecule has 1 fully saturated rings. The lowest BCUT2D eigenvalue weighted by atomic mass is 9.70. The number of rotatable bonds is 1. The van der Waals surface area contributed by atoms with Gasteiger partial charge < -0.3 is 0 Å². The molecule has 0 aliphatic heterocycles. The van der Waals surface area contributed by atoms with Crippen LogP contribution in [0, 0.1) is 5.92 Å². The van der Waals surface area contributed by atoms with Gasteiger partial charge in [-0.05, 0) is 5.56 Å². The third-order valence-electron chi connectivity index (χ3n) is 2.76. The lowest BCUT2D eigenvalue weighted by Crippen LogP contribution is -2.32. The molecule has 2 atom stereocenters. The van der Waals surface area contributed by atoms with Crippen molar-refractivity contribution < 1.29 is 4.79 Å². The molecular formula is C11H12O. The summed E-state index contributed by atoms with van der Waals surface area (Å²) in [5.74, 6) is 1.13. The van der Waals surface area contributed by atoms with Crippen molar-refractivity contribution >= 4 is 5.78 Å². The maximum absolute atomic E-state index is 11.0. The van der Waals surface area contributed by atoms with Crippen LogP contribution in [0.15, 0.2) is 30.3 Å². The molecule has 0 amide bonds. The second-order valence-electron chi connectivity index (χ2n) is 3.48. The van der Waals surface area contributed by atoms with Crippen molar-refractivity contribution in [3.8, 4) is 0 Å². The monoisotopic (exact) mass is 160 g/mol. The van der Waals surface area contributed by atoms with Gasteiger partial charge in [0.05, 0.1) is 0 Å². The first kappa shape index (κ1) is 7.53. The fourth-order valence-electron chi connectivity index (χ4n) is 1.75. The molecule has 1 heteroatoms. The fraction of sp³-hybridized carbons (Fsp3) is 0.364. The van der Waals surface area contributed by atoms with Gasteiger partial charge in [0.15, 0.2) is 0 Å². The molecule has 1 aliphatic carbocycles. The fourth-order valence-corrected chi connectivity index (χ4v) is 1.75. The molecule has 0 saturated heterocycles. The van der Waals surface area contributed by atoms with Crippen molar-refractivity contribution in [2.45, 2.75) is 19.3 Å². The Hall–Kier alpha value is -1.11. The van der Waals surface area contributed by atoms with E-state index in [2.05, 4.69) is 12.1 Å². The Morgan fingerprint density at radius 1 is 1.25 bits per heavy atom. The summed E-state index contributed by atoms with van der Waals surface area (Å²) in [4.78, 5) is 11.0. The molecule has 2 rings (SSSR count). The average Bonchev–Trinajstić information content (AvgIpc) is 2.15. The minimum absolute atomic E-state index is 0.243. The van der Waals surface area contributed by atoms with Crippen molar-refractivity contribution in [1.82, 2.24) is 0 Å². The number of hydrogen-bond acceptors (Lipinski definition) is 1. The zero-order valence-corrected chi connectivity index (χ0v) is 7.16. The van der Waals surface area contributed by atoms with Crippen LogP contribution in [0.4, 0.5) is 0 Å². The first-order valence-corrected chi connectivity index (χ1v) is 4.36. The van der Waals surface area contributed by atoms with E-state index in [1.54, 1.807) is 0 Å². The van der Waals surface area contributed by atoms with E-state index in [4.69, 9.17) is 0 Å². The molecular weight excluding hydrogens is 148 g/mol. The molecule has 2 unspecified atom stereocenters. The average molecular weight is 160 g/mol. The molecule has 1 saturated carbocycles. The first-order valence-electron chi connectivity index (χ1n) is 4.36. The molecule has 1 nitrogen and oxygen atoms in total. The molecule has 1 aromatic carbocycles. The van der Waals surface area contributed by atoms with Gasteiger partial charge in [0, 0.05) is 18.3 Å². The second kappa shape index (κ2) is 2.74. The minimum atomic E-state index is 0.243. The van der Waals surface area contributed by atoms with Gasteiger partial charge in [-0.2, -0.15) is 0 Å². The quantitative estimate of drug-likeness (QED) is 0.616. The number of Topliss-reactive ketones (excluding diaryl/α,β-unsaturated/α-hetero) is 1. The van der Waals surface area contributed by atoms with Crippen molar-refractivity contribution in [2.24, 2.45) is 5.92 Å². The van der Waals surface area contributed by atoms with Crippen molar-refractivity contribution in [3.63, 3.8) is 0 Å². The SMILES string of the molecule is CC1C(=O)CC1c1ccccc1. The lowest BCUT2D eigenvalue weighted by molar-refractivity contribution is -0.130. The van der Waals surface area contributed by atoms with Gasteiger partial charge in [-0.3, -0.25) is 4.79 Å². The third-order valence-corrected chi connectivity index (χ3v) is 2.76. The number of benzene rings is 1. The topological polar surface area (TPSA) is 17.1 Å². The standard InChI is InChI=1S/C11H12O/c1-8-10(7-11(8)12)9-5-3-2-4-6-9/h2-6,8,10H,7H2,1H3. The number of carbonyl (C=O) groups excluding carboxylic acids is 1. The summed E-state index contributed by atoms with van der Waals surface area (Å²) in [5, 5.41) is 0. The second-order valence-corrected chi connectivity index (χ2v) is 3.48. The zero-order chi connectivity index (χ0) is 8.55. The van der Waals surface area contributed by atoms with Gasteiger partial charge in [0.1, 0.15) is 5.78 Å². The molecule has 0 N–H and O–H groups in total. The van der Waals surface area contributed by atoms with E-state index in [9.17, 15) is 4.79 Å². The van der Waals surface area contributed by atoms with Gasteiger partial charge in [-0.25, -0.2) is 0 Å². The molecule has 0 radical (unpaired) electrons. The number of hydrogen-bond donors (Lipinski definition) is 0. The zero-order valence-electron chi connectivity index (χ0n) is 7.16. The van der Waals surface area contributed by atoms with E-state index in [1.807, 2.05) is 25.1 Å². The van der Waals surface area contributed by atoms with Gasteiger partial charge in [-0.15, -0.1) is 0 Å². The van der Waals surface area contributed by atoms with E-state index in [0.29, 0.717) is 11.7 Å². The van der Waals surface area contributed by atoms with Crippen LogP contribution in [0.1, 0.15) is 24.8 Å². The highest BCUT2D eigenvalue weighted by Gasteiger charge is 2.36. The van der Waals surface area contributed by atoms with Gasteiger partial charge in [0.25, 0.3) is 0 Å². The lowest BCUT2D eigenvalue weighted by Gasteiger charge is -2.32. The first-order chi connectivity index (χ1) is 5.79. The molecule has 1 aromatic rings. The summed E-state index contributed by atoms with van der Waals surface area (Å²) >= 11 is 0. The van der Waals surface area contributed by atoms with Crippen LogP contribution in [0.3, 0.4) is 0 Å². The predicted octanol–water partition coefficient (Wildman–Crippen LogP) is 2.38. The van der Waals surface area contributed by atoms with Crippen LogP contribution in [0.2, 0.25) is 0 Å². The maximum Gasteiger partial charge on any atom is 0.136 e. The summed E-state index contributed by atoms with van der Waals surface area (Å²) < 4.78 is 0. The Morgan fingerprint density at radius 3 is 2.42 bits per heavy atom. The highest BCUT2D eigenvalue weighted by atomic mass is 16.1. The van der Waals surface area contributed by atoms with E-state index in [1.165, 1.54) is 5.56 Å². The molecule has 0 spiro atoms. The van der Waals surface area contributed by atoms with Crippen LogP contribution in [-0.4, -0.2) is 5.78 Å². The Bertz CT molecular complexity index is 289. The molecule has 12 heavy (non-hydrogen) atoms. The summed E-state index contributed by atoms with van der Waals surface area (Å²) in [6, 6.07) is 10.3. The van der Waals surface area contributed by atoms with E-state index >= 15 is 0 Å². The third kappa shape index (κ3) is 1.06. The summed E-state index contributed by atoms with van der Waals surface area (Å²) in [6.45, 7) is 2.02. The van der Waals surface area contributed by atoms with E-state index in [0.717, 1.165) is 6.42 Å². The van der Waals surface area contributed by atoms with Crippen LogP contribution < -0.4 is 0 Å². The maximum atomic E-state index is 11.0. The molecule has 0 heterocycles. The Labute approximate surface area is 72.4 Å². The van der Waals surface area contributed by atoms with Crippen LogP contribution in [-0.2, 0) is 4.79 Å². The predicted molar refractivity (Wildman–Crippen MR) is 48.0 cm³/mol. The molecule has 0 aromatic heterocycles. The van der Waals surface area contributed by atoms with Crippen LogP contribution in [0.25, 0.3) is 0 Å². The van der Waals surface area contributed by atoms with Crippen molar-refractivity contribution in [3.05, 3.63) is 35.9 Å². The largest absolute Gasteiger partial charge is 0.299 e. The Kier molecular flexibility index (Phi) is 1.72. The molecule has 1 aliphatic rings. The Morgan fingerprint density at radius 2 is 1.92 bits per heavy atom. The minimum Gasteiger partial charge on any atom is -0.299 e. The van der Waals surface area contributed by atoms with Crippen molar-refractivity contribution in [1.29, 1.82) is 0 Å². The molecule has 62 valence electrons. The smallest absolute Gasteiger partial charge is 0.136 e. The number of ketones is 1. The summed E-state index contributed by atoms with van der Waals surface area (Å²) in [6.07, 6.45) is 0.741.